The summed E-state index contributed by atoms with van der Waals surface area (Å²) in [6.45, 7) is 0.0530. The number of nitrogens with two attached hydrogens (primary N) is 1. The van der Waals surface area contributed by atoms with E-state index in [0.717, 1.165) is 12.1 Å². The second-order valence-electron chi connectivity index (χ2n) is 7.20. The summed E-state index contributed by atoms with van der Waals surface area (Å²) in [4.78, 5) is 27.0. The molecule has 1 amide bonds. The molecule has 5 rings (SSSR count). The number of aromatic nitrogens is 4. The number of hydrogen-bond donors (Lipinski definition) is 1. The Balaban J connectivity index is 1.49. The number of anilines is 1. The number of nitrogen functional groups attached to an aromatic ring is 1. The van der Waals surface area contributed by atoms with Gasteiger partial charge in [-0.25, -0.2) is 15.0 Å². The molecule has 4 aromatic rings. The van der Waals surface area contributed by atoms with Gasteiger partial charge in [0.15, 0.2) is 0 Å². The molecule has 1 aliphatic rings. The van der Waals surface area contributed by atoms with Crippen LogP contribution in [0.1, 0.15) is 27.7 Å². The molecule has 4 heterocycles. The van der Waals surface area contributed by atoms with Crippen LogP contribution in [-0.4, -0.2) is 43.8 Å². The molecule has 0 spiro atoms. The first-order chi connectivity index (χ1) is 14.7. The smallest absolute Gasteiger partial charge is 0.416 e. The van der Waals surface area contributed by atoms with Gasteiger partial charge < -0.3 is 15.4 Å². The zero-order valence-electron chi connectivity index (χ0n) is 16.1. The Morgan fingerprint density at radius 3 is 2.87 bits per heavy atom. The summed E-state index contributed by atoms with van der Waals surface area (Å²) in [5.74, 6) is -0.0414. The molecule has 1 aliphatic heterocycles. The highest BCUT2D eigenvalue weighted by atomic mass is 19.4. The van der Waals surface area contributed by atoms with E-state index in [2.05, 4.69) is 15.0 Å². The molecule has 0 saturated carbocycles. The number of carbonyl (C=O) groups excluding carboxylic acids is 1. The Bertz CT molecular complexity index is 1350. The number of halogens is 3. The lowest BCUT2D eigenvalue weighted by Gasteiger charge is -2.23. The van der Waals surface area contributed by atoms with Crippen molar-refractivity contribution in [1.82, 2.24) is 24.3 Å². The number of amides is 1. The second kappa shape index (κ2) is 6.56. The molecule has 8 nitrogen and oxygen atoms in total. The zero-order valence-corrected chi connectivity index (χ0v) is 16.1. The van der Waals surface area contributed by atoms with E-state index in [-0.39, 0.29) is 24.0 Å². The molecule has 1 aromatic carbocycles. The molecule has 1 atom stereocenters. The van der Waals surface area contributed by atoms with E-state index in [1.807, 2.05) is 0 Å². The highest BCUT2D eigenvalue weighted by Gasteiger charge is 2.36. The summed E-state index contributed by atoms with van der Waals surface area (Å²) in [6, 6.07) is 4.34. The fourth-order valence-corrected chi connectivity index (χ4v) is 3.73. The summed E-state index contributed by atoms with van der Waals surface area (Å²) >= 11 is 0. The van der Waals surface area contributed by atoms with Crippen LogP contribution in [-0.2, 0) is 6.18 Å². The van der Waals surface area contributed by atoms with Crippen molar-refractivity contribution in [3.05, 3.63) is 59.8 Å². The van der Waals surface area contributed by atoms with Gasteiger partial charge in [0.25, 0.3) is 5.91 Å². The minimum atomic E-state index is -4.47. The summed E-state index contributed by atoms with van der Waals surface area (Å²) in [5.41, 5.74) is 6.96. The van der Waals surface area contributed by atoms with Crippen molar-refractivity contribution in [3.8, 4) is 5.75 Å². The molecule has 0 bridgehead atoms. The van der Waals surface area contributed by atoms with Crippen molar-refractivity contribution >= 4 is 28.3 Å². The number of fused-ring (bicyclic) bond motifs is 4. The lowest BCUT2D eigenvalue weighted by Crippen LogP contribution is -2.32. The average molecular weight is 428 g/mol. The van der Waals surface area contributed by atoms with Crippen LogP contribution < -0.4 is 10.5 Å². The highest BCUT2D eigenvalue weighted by molar-refractivity contribution is 6.00. The maximum atomic E-state index is 13.1. The van der Waals surface area contributed by atoms with Gasteiger partial charge >= 0.3 is 6.18 Å². The van der Waals surface area contributed by atoms with Crippen LogP contribution in [0, 0.1) is 0 Å². The van der Waals surface area contributed by atoms with Crippen LogP contribution >= 0.6 is 0 Å². The Kier molecular flexibility index (Phi) is 4.04. The van der Waals surface area contributed by atoms with Gasteiger partial charge in [-0.2, -0.15) is 13.2 Å². The average Bonchev–Trinajstić information content (AvgIpc) is 3.39. The quantitative estimate of drug-likeness (QED) is 0.527. The standard InChI is InChI=1S/C20H15F3N6O2/c1-28(16-8-31-17-4-10(20(21,22)23)2-3-11(16)17)18(30)13-5-12-14(6-26-13)27-19(24)29-9-25-7-15(12)29/h2-7,9,16H,8H2,1H3,(H2,24,27)/t16-/m0/s1. The number of imidazole rings is 1. The number of pyridine rings is 1. The van der Waals surface area contributed by atoms with Crippen LogP contribution in [0.2, 0.25) is 0 Å². The summed E-state index contributed by atoms with van der Waals surface area (Å²) < 4.78 is 45.9. The van der Waals surface area contributed by atoms with E-state index in [4.69, 9.17) is 10.5 Å². The fraction of sp³-hybridized carbons (Fsp3) is 0.200. The van der Waals surface area contributed by atoms with Crippen LogP contribution in [0.5, 0.6) is 5.75 Å². The van der Waals surface area contributed by atoms with E-state index < -0.39 is 23.7 Å². The number of likely N-dealkylation sites (N-methyl/N-ethyl adjacent to an activating group) is 1. The number of ether oxygens (including phenoxy) is 1. The summed E-state index contributed by atoms with van der Waals surface area (Å²) in [7, 11) is 1.56. The molecule has 158 valence electrons. The van der Waals surface area contributed by atoms with Crippen molar-refractivity contribution in [1.29, 1.82) is 0 Å². The Morgan fingerprint density at radius 2 is 2.10 bits per heavy atom. The SMILES string of the molecule is CN(C(=O)c1cc2c(cn1)nc(N)n1cncc21)[C@H]1COc2cc(C(F)(F)F)ccc21. The van der Waals surface area contributed by atoms with E-state index in [1.54, 1.807) is 23.7 Å². The first-order valence-electron chi connectivity index (χ1n) is 9.22. The maximum absolute atomic E-state index is 13.1. The number of rotatable bonds is 2. The van der Waals surface area contributed by atoms with Gasteiger partial charge in [-0.1, -0.05) is 6.07 Å². The van der Waals surface area contributed by atoms with E-state index in [0.29, 0.717) is 22.0 Å². The predicted octanol–water partition coefficient (Wildman–Crippen LogP) is 3.08. The lowest BCUT2D eigenvalue weighted by molar-refractivity contribution is -0.137. The molecule has 0 radical (unpaired) electrons. The number of hydrogen-bond acceptors (Lipinski definition) is 6. The molecule has 3 aromatic heterocycles. The molecule has 0 unspecified atom stereocenters. The molecular formula is C20H15F3N6O2. The number of alkyl halides is 3. The molecular weight excluding hydrogens is 413 g/mol. The van der Waals surface area contributed by atoms with Gasteiger partial charge in [0, 0.05) is 18.0 Å². The van der Waals surface area contributed by atoms with Crippen molar-refractivity contribution in [2.45, 2.75) is 12.2 Å². The van der Waals surface area contributed by atoms with Gasteiger partial charge in [-0.15, -0.1) is 0 Å². The van der Waals surface area contributed by atoms with E-state index in [1.165, 1.54) is 23.5 Å². The summed E-state index contributed by atoms with van der Waals surface area (Å²) in [6.07, 6.45) is 0.114. The van der Waals surface area contributed by atoms with Crippen molar-refractivity contribution < 1.29 is 22.7 Å². The summed E-state index contributed by atoms with van der Waals surface area (Å²) in [5, 5.41) is 0.649. The molecule has 2 N–H and O–H groups in total. The minimum absolute atomic E-state index is 0.0530. The van der Waals surface area contributed by atoms with Crippen LogP contribution in [0.15, 0.2) is 43.0 Å². The molecule has 0 fully saturated rings. The molecule has 11 heteroatoms. The van der Waals surface area contributed by atoms with Crippen LogP contribution in [0.25, 0.3) is 16.4 Å². The van der Waals surface area contributed by atoms with Gasteiger partial charge in [0.1, 0.15) is 24.4 Å². The minimum Gasteiger partial charge on any atom is -0.491 e. The third-order valence-electron chi connectivity index (χ3n) is 5.38. The number of carbonyl (C=O) groups is 1. The van der Waals surface area contributed by atoms with Crippen LogP contribution in [0.4, 0.5) is 19.1 Å². The second-order valence-corrected chi connectivity index (χ2v) is 7.20. The van der Waals surface area contributed by atoms with Gasteiger partial charge in [0.05, 0.1) is 35.0 Å². The molecule has 0 saturated heterocycles. The predicted molar refractivity (Wildman–Crippen MR) is 104 cm³/mol. The van der Waals surface area contributed by atoms with Crippen molar-refractivity contribution in [2.75, 3.05) is 19.4 Å². The number of nitrogens with zero attached hydrogens (tertiary/aromatic N) is 5. The Hall–Kier alpha value is -3.89. The topological polar surface area (TPSA) is 98.6 Å². The van der Waals surface area contributed by atoms with Crippen LogP contribution in [0.3, 0.4) is 0 Å². The monoisotopic (exact) mass is 428 g/mol. The van der Waals surface area contributed by atoms with E-state index in [9.17, 15) is 18.0 Å². The van der Waals surface area contributed by atoms with Crippen molar-refractivity contribution in [3.63, 3.8) is 0 Å². The fourth-order valence-electron chi connectivity index (χ4n) is 3.73. The third kappa shape index (κ3) is 3.00. The third-order valence-corrected chi connectivity index (χ3v) is 5.38. The van der Waals surface area contributed by atoms with Gasteiger partial charge in [-0.05, 0) is 18.2 Å². The number of benzene rings is 1. The molecule has 31 heavy (non-hydrogen) atoms. The Morgan fingerprint density at radius 1 is 1.29 bits per heavy atom. The zero-order chi connectivity index (χ0) is 21.9. The van der Waals surface area contributed by atoms with Gasteiger partial charge in [-0.3, -0.25) is 9.20 Å². The van der Waals surface area contributed by atoms with E-state index >= 15 is 0 Å². The molecule has 0 aliphatic carbocycles. The Labute approximate surface area is 173 Å². The maximum Gasteiger partial charge on any atom is 0.416 e. The van der Waals surface area contributed by atoms with Crippen molar-refractivity contribution in [2.24, 2.45) is 0 Å². The first kappa shape index (κ1) is 19.1. The highest BCUT2D eigenvalue weighted by Crippen LogP contribution is 2.40. The first-order valence-corrected chi connectivity index (χ1v) is 9.22. The van der Waals surface area contributed by atoms with Gasteiger partial charge in [0.2, 0.25) is 5.95 Å². The normalized spacial score (nSPS) is 15.8. The lowest BCUT2D eigenvalue weighted by atomic mass is 10.0. The largest absolute Gasteiger partial charge is 0.491 e.